The van der Waals surface area contributed by atoms with E-state index in [1.165, 1.54) is 0 Å². The van der Waals surface area contributed by atoms with Crippen LogP contribution in [0.2, 0.25) is 0 Å². The van der Waals surface area contributed by atoms with Crippen LogP contribution in [0.3, 0.4) is 0 Å². The molecule has 1 N–H and O–H groups in total. The van der Waals surface area contributed by atoms with Crippen molar-refractivity contribution < 1.29 is 19.4 Å². The third-order valence-electron chi connectivity index (χ3n) is 3.90. The molecule has 0 bridgehead atoms. The lowest BCUT2D eigenvalue weighted by molar-refractivity contribution is -0.152. The van der Waals surface area contributed by atoms with Crippen molar-refractivity contribution in [1.82, 2.24) is 4.90 Å². The molecule has 1 amide bonds. The van der Waals surface area contributed by atoms with Gasteiger partial charge in [-0.1, -0.05) is 44.2 Å². The lowest BCUT2D eigenvalue weighted by Gasteiger charge is -2.37. The van der Waals surface area contributed by atoms with Gasteiger partial charge in [0, 0.05) is 18.5 Å². The molecule has 5 heteroatoms. The minimum absolute atomic E-state index is 0.0510. The molecule has 1 fully saturated rings. The van der Waals surface area contributed by atoms with Gasteiger partial charge in [-0.25, -0.2) is 0 Å². The molecule has 1 aliphatic rings. The molecule has 1 heterocycles. The number of amides is 1. The Bertz CT molecular complexity index is 527. The Morgan fingerprint density at radius 2 is 2.00 bits per heavy atom. The summed E-state index contributed by atoms with van der Waals surface area (Å²) in [6.45, 7) is 5.13. The summed E-state index contributed by atoms with van der Waals surface area (Å²) in [6.07, 6.45) is 0.180. The zero-order valence-corrected chi connectivity index (χ0v) is 13.1. The summed E-state index contributed by atoms with van der Waals surface area (Å²) in [6, 6.07) is 9.92. The number of hydrogen-bond acceptors (Lipinski definition) is 3. The summed E-state index contributed by atoms with van der Waals surface area (Å²) < 4.78 is 5.43. The highest BCUT2D eigenvalue weighted by molar-refractivity contribution is 5.82. The topological polar surface area (TPSA) is 66.8 Å². The van der Waals surface area contributed by atoms with Crippen molar-refractivity contribution in [3.63, 3.8) is 0 Å². The quantitative estimate of drug-likeness (QED) is 0.903. The van der Waals surface area contributed by atoms with Crippen molar-refractivity contribution >= 4 is 11.9 Å². The van der Waals surface area contributed by atoms with Crippen LogP contribution in [0.5, 0.6) is 0 Å². The number of morpholine rings is 1. The van der Waals surface area contributed by atoms with Crippen LogP contribution in [0.1, 0.15) is 25.8 Å². The molecular weight excluding hydrogens is 282 g/mol. The van der Waals surface area contributed by atoms with Crippen LogP contribution in [0.15, 0.2) is 30.3 Å². The second-order valence-corrected chi connectivity index (χ2v) is 6.39. The number of aliphatic carboxylic acids is 1. The van der Waals surface area contributed by atoms with Gasteiger partial charge in [-0.05, 0) is 12.0 Å². The third kappa shape index (κ3) is 4.31. The van der Waals surface area contributed by atoms with Crippen molar-refractivity contribution in [3.05, 3.63) is 35.9 Å². The normalized spacial score (nSPS) is 19.0. The number of carbonyl (C=O) groups is 2. The Balaban J connectivity index is 2.01. The molecule has 1 aromatic carbocycles. The van der Waals surface area contributed by atoms with Gasteiger partial charge >= 0.3 is 5.97 Å². The smallest absolute Gasteiger partial charge is 0.306 e. The monoisotopic (exact) mass is 305 g/mol. The largest absolute Gasteiger partial charge is 0.481 e. The molecule has 120 valence electrons. The van der Waals surface area contributed by atoms with Gasteiger partial charge in [0.05, 0.1) is 19.1 Å². The van der Waals surface area contributed by atoms with Crippen LogP contribution in [0.25, 0.3) is 0 Å². The average Bonchev–Trinajstić information content (AvgIpc) is 2.46. The van der Waals surface area contributed by atoms with Gasteiger partial charge in [0.2, 0.25) is 5.91 Å². The first kappa shape index (κ1) is 16.5. The lowest BCUT2D eigenvalue weighted by Crippen LogP contribution is -2.51. The highest BCUT2D eigenvalue weighted by Gasteiger charge is 2.35. The van der Waals surface area contributed by atoms with Crippen molar-refractivity contribution in [2.24, 2.45) is 5.41 Å². The number of carboxylic acids is 1. The van der Waals surface area contributed by atoms with Gasteiger partial charge in [0.25, 0.3) is 0 Å². The molecule has 0 unspecified atom stereocenters. The van der Waals surface area contributed by atoms with Gasteiger partial charge in [0.1, 0.15) is 0 Å². The summed E-state index contributed by atoms with van der Waals surface area (Å²) in [5.41, 5.74) is 0.600. The summed E-state index contributed by atoms with van der Waals surface area (Å²) >= 11 is 0. The van der Waals surface area contributed by atoms with Crippen LogP contribution in [0, 0.1) is 5.41 Å². The Kier molecular flexibility index (Phi) is 5.19. The Morgan fingerprint density at radius 1 is 1.32 bits per heavy atom. The summed E-state index contributed by atoms with van der Waals surface area (Å²) in [4.78, 5) is 25.3. The number of benzene rings is 1. The highest BCUT2D eigenvalue weighted by atomic mass is 16.5. The van der Waals surface area contributed by atoms with E-state index in [4.69, 9.17) is 9.84 Å². The molecule has 22 heavy (non-hydrogen) atoms. The summed E-state index contributed by atoms with van der Waals surface area (Å²) in [7, 11) is 0. The van der Waals surface area contributed by atoms with Crippen LogP contribution in [-0.2, 0) is 20.7 Å². The molecule has 2 rings (SSSR count). The van der Waals surface area contributed by atoms with Gasteiger partial charge in [-0.2, -0.15) is 0 Å². The molecule has 0 aliphatic carbocycles. The first-order chi connectivity index (χ1) is 10.4. The van der Waals surface area contributed by atoms with Gasteiger partial charge in [-0.15, -0.1) is 0 Å². The van der Waals surface area contributed by atoms with Crippen LogP contribution >= 0.6 is 0 Å². The fraction of sp³-hybridized carbons (Fsp3) is 0.529. The van der Waals surface area contributed by atoms with Crippen molar-refractivity contribution in [2.75, 3.05) is 19.7 Å². The Labute approximate surface area is 130 Å². The molecule has 1 atom stereocenters. The molecule has 1 saturated heterocycles. The molecule has 5 nitrogen and oxygen atoms in total. The summed E-state index contributed by atoms with van der Waals surface area (Å²) in [5, 5.41) is 8.86. The predicted molar refractivity (Wildman–Crippen MR) is 82.5 cm³/mol. The molecule has 0 radical (unpaired) electrons. The number of hydrogen-bond donors (Lipinski definition) is 1. The first-order valence-corrected chi connectivity index (χ1v) is 7.55. The van der Waals surface area contributed by atoms with E-state index in [1.54, 1.807) is 4.90 Å². The molecular formula is C17H23NO4. The van der Waals surface area contributed by atoms with E-state index in [2.05, 4.69) is 0 Å². The SMILES string of the molecule is CC(C)(Cc1ccccc1)C(=O)N1CCO[C@@H](CC(=O)O)C1. The number of ether oxygens (including phenoxy) is 1. The number of carbonyl (C=O) groups excluding carboxylic acids is 1. The van der Waals surface area contributed by atoms with Crippen molar-refractivity contribution in [3.8, 4) is 0 Å². The zero-order valence-electron chi connectivity index (χ0n) is 13.1. The van der Waals surface area contributed by atoms with Gasteiger partial charge < -0.3 is 14.7 Å². The van der Waals surface area contributed by atoms with Crippen molar-refractivity contribution in [1.29, 1.82) is 0 Å². The number of carboxylic acid groups (broad SMARTS) is 1. The van der Waals surface area contributed by atoms with Gasteiger partial charge in [0.15, 0.2) is 0 Å². The third-order valence-corrected chi connectivity index (χ3v) is 3.90. The minimum Gasteiger partial charge on any atom is -0.481 e. The molecule has 0 saturated carbocycles. The zero-order chi connectivity index (χ0) is 16.2. The highest BCUT2D eigenvalue weighted by Crippen LogP contribution is 2.26. The molecule has 1 aliphatic heterocycles. The van der Waals surface area contributed by atoms with Crippen LogP contribution in [-0.4, -0.2) is 47.7 Å². The van der Waals surface area contributed by atoms with E-state index in [0.717, 1.165) is 5.56 Å². The summed E-state index contributed by atoms with van der Waals surface area (Å²) in [5.74, 6) is -0.849. The second-order valence-electron chi connectivity index (χ2n) is 6.39. The molecule has 1 aromatic rings. The lowest BCUT2D eigenvalue weighted by atomic mass is 9.84. The standard InChI is InChI=1S/C17H23NO4/c1-17(2,11-13-6-4-3-5-7-13)16(21)18-8-9-22-14(12-18)10-15(19)20/h3-7,14H,8-12H2,1-2H3,(H,19,20)/t14-/m0/s1. The van der Waals surface area contributed by atoms with Crippen LogP contribution in [0.4, 0.5) is 0 Å². The number of rotatable bonds is 5. The Morgan fingerprint density at radius 3 is 2.64 bits per heavy atom. The van der Waals surface area contributed by atoms with Crippen molar-refractivity contribution in [2.45, 2.75) is 32.8 Å². The van der Waals surface area contributed by atoms with Crippen LogP contribution < -0.4 is 0 Å². The van der Waals surface area contributed by atoms with Gasteiger partial charge in [-0.3, -0.25) is 9.59 Å². The number of nitrogens with zero attached hydrogens (tertiary/aromatic N) is 1. The van der Waals surface area contributed by atoms with E-state index >= 15 is 0 Å². The maximum absolute atomic E-state index is 12.8. The van der Waals surface area contributed by atoms with E-state index < -0.39 is 17.5 Å². The maximum atomic E-state index is 12.8. The minimum atomic E-state index is -0.900. The second kappa shape index (κ2) is 6.92. The van der Waals surface area contributed by atoms with E-state index in [-0.39, 0.29) is 12.3 Å². The average molecular weight is 305 g/mol. The predicted octanol–water partition coefficient (Wildman–Crippen LogP) is 1.96. The maximum Gasteiger partial charge on any atom is 0.306 e. The Hall–Kier alpha value is -1.88. The fourth-order valence-electron chi connectivity index (χ4n) is 2.83. The fourth-order valence-corrected chi connectivity index (χ4v) is 2.83. The molecule has 0 aromatic heterocycles. The molecule has 0 spiro atoms. The van der Waals surface area contributed by atoms with E-state index in [1.807, 2.05) is 44.2 Å². The van der Waals surface area contributed by atoms with E-state index in [0.29, 0.717) is 26.1 Å². The van der Waals surface area contributed by atoms with E-state index in [9.17, 15) is 9.59 Å². The first-order valence-electron chi connectivity index (χ1n) is 7.55.